The highest BCUT2D eigenvalue weighted by Gasteiger charge is 2.01. The Labute approximate surface area is 87.7 Å². The summed E-state index contributed by atoms with van der Waals surface area (Å²) in [6, 6.07) is 4.57. The first kappa shape index (κ1) is 11.4. The third kappa shape index (κ3) is 3.62. The van der Waals surface area contributed by atoms with E-state index in [-0.39, 0.29) is 11.1 Å². The zero-order chi connectivity index (χ0) is 10.6. The zero-order valence-electron chi connectivity index (χ0n) is 7.93. The molecule has 0 fully saturated rings. The third-order valence-corrected chi connectivity index (χ3v) is 2.04. The van der Waals surface area contributed by atoms with E-state index < -0.39 is 5.82 Å². The number of hydrogen-bond acceptors (Lipinski definition) is 2. The summed E-state index contributed by atoms with van der Waals surface area (Å²) in [6.07, 6.45) is -0.383. The SMILES string of the molecule is CC(O)CNCc1ccc(F)c(Cl)c1. The summed E-state index contributed by atoms with van der Waals surface area (Å²) in [5, 5.41) is 12.1. The fourth-order valence-corrected chi connectivity index (χ4v) is 1.28. The highest BCUT2D eigenvalue weighted by molar-refractivity contribution is 6.30. The highest BCUT2D eigenvalue weighted by atomic mass is 35.5. The number of nitrogens with one attached hydrogen (secondary N) is 1. The zero-order valence-corrected chi connectivity index (χ0v) is 8.68. The second kappa shape index (κ2) is 5.29. The molecule has 0 heterocycles. The molecule has 0 amide bonds. The van der Waals surface area contributed by atoms with Crippen LogP contribution in [0.25, 0.3) is 0 Å². The van der Waals surface area contributed by atoms with Crippen molar-refractivity contribution < 1.29 is 9.50 Å². The fraction of sp³-hybridized carbons (Fsp3) is 0.400. The first-order valence-electron chi connectivity index (χ1n) is 4.42. The normalized spacial score (nSPS) is 12.9. The van der Waals surface area contributed by atoms with Crippen LogP contribution < -0.4 is 5.32 Å². The Hall–Kier alpha value is -0.640. The van der Waals surface area contributed by atoms with E-state index in [1.54, 1.807) is 19.1 Å². The van der Waals surface area contributed by atoms with Gasteiger partial charge in [-0.15, -0.1) is 0 Å². The molecule has 1 unspecified atom stereocenters. The van der Waals surface area contributed by atoms with Crippen LogP contribution in [0.15, 0.2) is 18.2 Å². The molecule has 78 valence electrons. The van der Waals surface area contributed by atoms with Gasteiger partial charge in [0.05, 0.1) is 11.1 Å². The minimum absolute atomic E-state index is 0.126. The van der Waals surface area contributed by atoms with Crippen molar-refractivity contribution in [3.63, 3.8) is 0 Å². The molecule has 0 aromatic heterocycles. The molecule has 4 heteroatoms. The van der Waals surface area contributed by atoms with Gasteiger partial charge < -0.3 is 10.4 Å². The second-order valence-electron chi connectivity index (χ2n) is 3.23. The van der Waals surface area contributed by atoms with Gasteiger partial charge in [-0.2, -0.15) is 0 Å². The monoisotopic (exact) mass is 217 g/mol. The van der Waals surface area contributed by atoms with Crippen LogP contribution in [0.4, 0.5) is 4.39 Å². The van der Waals surface area contributed by atoms with Crippen LogP contribution in [0, 0.1) is 5.82 Å². The van der Waals surface area contributed by atoms with E-state index in [1.165, 1.54) is 6.07 Å². The van der Waals surface area contributed by atoms with Gasteiger partial charge in [0.25, 0.3) is 0 Å². The number of hydrogen-bond donors (Lipinski definition) is 2. The van der Waals surface area contributed by atoms with Crippen molar-refractivity contribution in [3.8, 4) is 0 Å². The Morgan fingerprint density at radius 3 is 2.86 bits per heavy atom. The minimum Gasteiger partial charge on any atom is -0.392 e. The maximum atomic E-state index is 12.8. The fourth-order valence-electron chi connectivity index (χ4n) is 1.07. The molecule has 0 aliphatic heterocycles. The molecule has 1 rings (SSSR count). The molecule has 0 spiro atoms. The van der Waals surface area contributed by atoms with Crippen molar-refractivity contribution in [2.45, 2.75) is 19.6 Å². The Kier molecular flexibility index (Phi) is 4.32. The lowest BCUT2D eigenvalue weighted by Crippen LogP contribution is -2.23. The lowest BCUT2D eigenvalue weighted by molar-refractivity contribution is 0.191. The van der Waals surface area contributed by atoms with Gasteiger partial charge in [0, 0.05) is 13.1 Å². The molecule has 2 nitrogen and oxygen atoms in total. The number of rotatable bonds is 4. The van der Waals surface area contributed by atoms with Crippen LogP contribution in [0.2, 0.25) is 5.02 Å². The average molecular weight is 218 g/mol. The second-order valence-corrected chi connectivity index (χ2v) is 3.64. The van der Waals surface area contributed by atoms with Crippen LogP contribution >= 0.6 is 11.6 Å². The van der Waals surface area contributed by atoms with Gasteiger partial charge in [0.2, 0.25) is 0 Å². The van der Waals surface area contributed by atoms with Crippen LogP contribution in [0.1, 0.15) is 12.5 Å². The number of halogens is 2. The summed E-state index contributed by atoms with van der Waals surface area (Å²) in [5.41, 5.74) is 0.900. The summed E-state index contributed by atoms with van der Waals surface area (Å²) in [6.45, 7) is 2.78. The molecule has 2 N–H and O–H groups in total. The van der Waals surface area contributed by atoms with Crippen molar-refractivity contribution in [1.29, 1.82) is 0 Å². The molecule has 0 aliphatic rings. The predicted molar refractivity (Wildman–Crippen MR) is 54.8 cm³/mol. The lowest BCUT2D eigenvalue weighted by atomic mass is 10.2. The molecule has 0 bridgehead atoms. The van der Waals surface area contributed by atoms with Crippen molar-refractivity contribution >= 4 is 11.6 Å². The van der Waals surface area contributed by atoms with E-state index in [2.05, 4.69) is 5.32 Å². The van der Waals surface area contributed by atoms with E-state index in [0.717, 1.165) is 5.56 Å². The molecule has 1 aromatic carbocycles. The quantitative estimate of drug-likeness (QED) is 0.808. The Morgan fingerprint density at radius 2 is 2.29 bits per heavy atom. The molecule has 1 aromatic rings. The van der Waals surface area contributed by atoms with Crippen molar-refractivity contribution in [2.24, 2.45) is 0 Å². The molecular formula is C10H13ClFNO. The van der Waals surface area contributed by atoms with Gasteiger partial charge in [0.15, 0.2) is 0 Å². The first-order valence-corrected chi connectivity index (χ1v) is 4.80. The van der Waals surface area contributed by atoms with Crippen molar-refractivity contribution in [3.05, 3.63) is 34.6 Å². The molecular weight excluding hydrogens is 205 g/mol. The van der Waals surface area contributed by atoms with Gasteiger partial charge in [0.1, 0.15) is 5.82 Å². The van der Waals surface area contributed by atoms with Crippen LogP contribution in [-0.2, 0) is 6.54 Å². The maximum Gasteiger partial charge on any atom is 0.141 e. The van der Waals surface area contributed by atoms with Crippen LogP contribution in [-0.4, -0.2) is 17.8 Å². The molecule has 0 saturated heterocycles. The van der Waals surface area contributed by atoms with E-state index in [1.807, 2.05) is 0 Å². The van der Waals surface area contributed by atoms with E-state index >= 15 is 0 Å². The Morgan fingerprint density at radius 1 is 1.57 bits per heavy atom. The Bertz CT molecular complexity index is 304. The highest BCUT2D eigenvalue weighted by Crippen LogP contribution is 2.15. The first-order chi connectivity index (χ1) is 6.59. The topological polar surface area (TPSA) is 32.3 Å². The largest absolute Gasteiger partial charge is 0.392 e. The van der Waals surface area contributed by atoms with E-state index in [4.69, 9.17) is 16.7 Å². The smallest absolute Gasteiger partial charge is 0.141 e. The number of aliphatic hydroxyl groups excluding tert-OH is 1. The van der Waals surface area contributed by atoms with Gasteiger partial charge in [-0.05, 0) is 24.6 Å². The van der Waals surface area contributed by atoms with Crippen molar-refractivity contribution in [2.75, 3.05) is 6.54 Å². The molecule has 1 atom stereocenters. The van der Waals surface area contributed by atoms with E-state index in [0.29, 0.717) is 13.1 Å². The van der Waals surface area contributed by atoms with Gasteiger partial charge in [-0.25, -0.2) is 4.39 Å². The van der Waals surface area contributed by atoms with E-state index in [9.17, 15) is 4.39 Å². The molecule has 0 aliphatic carbocycles. The maximum absolute atomic E-state index is 12.8. The summed E-state index contributed by atoms with van der Waals surface area (Å²) in [5.74, 6) is -0.411. The van der Waals surface area contributed by atoms with Gasteiger partial charge >= 0.3 is 0 Å². The molecule has 0 radical (unpaired) electrons. The summed E-state index contributed by atoms with van der Waals surface area (Å²) < 4.78 is 12.8. The summed E-state index contributed by atoms with van der Waals surface area (Å²) in [7, 11) is 0. The number of aliphatic hydroxyl groups is 1. The standard InChI is InChI=1S/C10H13ClFNO/c1-7(14)5-13-6-8-2-3-10(12)9(11)4-8/h2-4,7,13-14H,5-6H2,1H3. The summed E-state index contributed by atoms with van der Waals surface area (Å²) >= 11 is 5.60. The third-order valence-electron chi connectivity index (χ3n) is 1.75. The molecule has 0 saturated carbocycles. The molecule has 14 heavy (non-hydrogen) atoms. The van der Waals surface area contributed by atoms with Gasteiger partial charge in [-0.1, -0.05) is 17.7 Å². The Balaban J connectivity index is 2.47. The van der Waals surface area contributed by atoms with Crippen molar-refractivity contribution in [1.82, 2.24) is 5.32 Å². The average Bonchev–Trinajstić information content (AvgIpc) is 2.10. The van der Waals surface area contributed by atoms with Crippen LogP contribution in [0.5, 0.6) is 0 Å². The van der Waals surface area contributed by atoms with Crippen LogP contribution in [0.3, 0.4) is 0 Å². The summed E-state index contributed by atoms with van der Waals surface area (Å²) in [4.78, 5) is 0. The minimum atomic E-state index is -0.411. The predicted octanol–water partition coefficient (Wildman–Crippen LogP) is 1.95. The van der Waals surface area contributed by atoms with Gasteiger partial charge in [-0.3, -0.25) is 0 Å². The lowest BCUT2D eigenvalue weighted by Gasteiger charge is -2.07. The number of benzene rings is 1.